The Morgan fingerprint density at radius 1 is 1.69 bits per heavy atom. The van der Waals surface area contributed by atoms with Crippen molar-refractivity contribution in [3.05, 3.63) is 17.5 Å². The van der Waals surface area contributed by atoms with Crippen LogP contribution in [0.2, 0.25) is 0 Å². The highest BCUT2D eigenvalue weighted by Gasteiger charge is 2.31. The van der Waals surface area contributed by atoms with Crippen LogP contribution >= 0.6 is 0 Å². The van der Waals surface area contributed by atoms with E-state index < -0.39 is 0 Å². The van der Waals surface area contributed by atoms with E-state index in [0.29, 0.717) is 17.4 Å². The van der Waals surface area contributed by atoms with Crippen molar-refractivity contribution in [2.45, 2.75) is 25.8 Å². The number of aryl methyl sites for hydroxylation is 1. The van der Waals surface area contributed by atoms with Gasteiger partial charge >= 0.3 is 0 Å². The molecule has 1 saturated carbocycles. The van der Waals surface area contributed by atoms with Crippen LogP contribution in [-0.2, 0) is 0 Å². The third kappa shape index (κ3) is 1.43. The summed E-state index contributed by atoms with van der Waals surface area (Å²) >= 11 is 0. The molecule has 1 fully saturated rings. The van der Waals surface area contributed by atoms with Crippen LogP contribution in [0.5, 0.6) is 0 Å². The summed E-state index contributed by atoms with van der Waals surface area (Å²) in [6, 6.07) is 0.432. The molecule has 1 aromatic heterocycles. The summed E-state index contributed by atoms with van der Waals surface area (Å²) in [4.78, 5) is 13.5. The summed E-state index contributed by atoms with van der Waals surface area (Å²) in [6.07, 6.45) is 3.72. The van der Waals surface area contributed by atoms with Gasteiger partial charge in [-0.05, 0) is 19.8 Å². The Bertz CT molecular complexity index is 328. The second-order valence-corrected chi connectivity index (χ2v) is 3.44. The van der Waals surface area contributed by atoms with Crippen molar-refractivity contribution in [2.75, 3.05) is 7.05 Å². The van der Waals surface area contributed by atoms with Crippen molar-refractivity contribution in [1.82, 2.24) is 10.1 Å². The maximum absolute atomic E-state index is 11.7. The molecule has 13 heavy (non-hydrogen) atoms. The Balaban J connectivity index is 2.16. The summed E-state index contributed by atoms with van der Waals surface area (Å²) < 4.78 is 4.84. The molecule has 0 spiro atoms. The molecule has 1 aromatic rings. The number of rotatable bonds is 2. The normalized spacial score (nSPS) is 15.8. The molecule has 0 aliphatic heterocycles. The van der Waals surface area contributed by atoms with Gasteiger partial charge < -0.3 is 9.42 Å². The zero-order chi connectivity index (χ0) is 9.42. The average molecular weight is 180 g/mol. The lowest BCUT2D eigenvalue weighted by Crippen LogP contribution is -2.28. The number of aromatic nitrogens is 1. The van der Waals surface area contributed by atoms with Gasteiger partial charge in [-0.25, -0.2) is 0 Å². The van der Waals surface area contributed by atoms with E-state index in [1.54, 1.807) is 11.8 Å². The van der Waals surface area contributed by atoms with Gasteiger partial charge in [0.1, 0.15) is 11.3 Å². The van der Waals surface area contributed by atoms with E-state index in [4.69, 9.17) is 4.52 Å². The monoisotopic (exact) mass is 180 g/mol. The first kappa shape index (κ1) is 8.29. The second kappa shape index (κ2) is 2.87. The Labute approximate surface area is 76.5 Å². The molecule has 0 bridgehead atoms. The first-order chi connectivity index (χ1) is 6.20. The molecule has 1 amide bonds. The fraction of sp³-hybridized carbons (Fsp3) is 0.556. The van der Waals surface area contributed by atoms with Gasteiger partial charge in [0, 0.05) is 13.1 Å². The summed E-state index contributed by atoms with van der Waals surface area (Å²) in [6.45, 7) is 1.75. The van der Waals surface area contributed by atoms with Gasteiger partial charge in [0.2, 0.25) is 0 Å². The fourth-order valence-electron chi connectivity index (χ4n) is 1.32. The molecule has 70 valence electrons. The minimum Gasteiger partial charge on any atom is -0.361 e. The van der Waals surface area contributed by atoms with Gasteiger partial charge in [-0.2, -0.15) is 0 Å². The molecule has 0 aromatic carbocycles. The smallest absolute Gasteiger partial charge is 0.259 e. The number of carbonyl (C=O) groups excluding carboxylic acids is 1. The van der Waals surface area contributed by atoms with Crippen LogP contribution in [0.15, 0.2) is 10.7 Å². The largest absolute Gasteiger partial charge is 0.361 e. The molecule has 0 saturated heterocycles. The SMILES string of the molecule is Cc1oncc1C(=O)N(C)C1CC1. The highest BCUT2D eigenvalue weighted by atomic mass is 16.5. The third-order valence-corrected chi connectivity index (χ3v) is 2.40. The topological polar surface area (TPSA) is 46.3 Å². The molecule has 1 heterocycles. The molecular weight excluding hydrogens is 168 g/mol. The van der Waals surface area contributed by atoms with Gasteiger partial charge in [0.25, 0.3) is 5.91 Å². The zero-order valence-corrected chi connectivity index (χ0v) is 7.78. The Morgan fingerprint density at radius 2 is 2.38 bits per heavy atom. The maximum atomic E-state index is 11.7. The Morgan fingerprint density at radius 3 is 2.85 bits per heavy atom. The number of hydrogen-bond acceptors (Lipinski definition) is 3. The van der Waals surface area contributed by atoms with Crippen molar-refractivity contribution in [3.8, 4) is 0 Å². The first-order valence-corrected chi connectivity index (χ1v) is 4.38. The van der Waals surface area contributed by atoms with Crippen LogP contribution in [0, 0.1) is 6.92 Å². The molecular formula is C9H12N2O2. The maximum Gasteiger partial charge on any atom is 0.259 e. The Hall–Kier alpha value is -1.32. The van der Waals surface area contributed by atoms with Gasteiger partial charge in [-0.3, -0.25) is 4.79 Å². The van der Waals surface area contributed by atoms with Crippen LogP contribution < -0.4 is 0 Å². The van der Waals surface area contributed by atoms with E-state index in [9.17, 15) is 4.79 Å². The van der Waals surface area contributed by atoms with Crippen molar-refractivity contribution < 1.29 is 9.32 Å². The molecule has 0 unspecified atom stereocenters. The predicted molar refractivity (Wildman–Crippen MR) is 46.4 cm³/mol. The lowest BCUT2D eigenvalue weighted by Gasteiger charge is -2.14. The summed E-state index contributed by atoms with van der Waals surface area (Å²) in [5, 5.41) is 3.58. The van der Waals surface area contributed by atoms with Crippen molar-refractivity contribution in [1.29, 1.82) is 0 Å². The van der Waals surface area contributed by atoms with E-state index in [2.05, 4.69) is 5.16 Å². The van der Waals surface area contributed by atoms with Crippen molar-refractivity contribution in [2.24, 2.45) is 0 Å². The first-order valence-electron chi connectivity index (χ1n) is 4.38. The minimum absolute atomic E-state index is 0.0150. The summed E-state index contributed by atoms with van der Waals surface area (Å²) in [5.74, 6) is 0.610. The summed E-state index contributed by atoms with van der Waals surface area (Å²) in [5.41, 5.74) is 0.578. The fourth-order valence-corrected chi connectivity index (χ4v) is 1.32. The van der Waals surface area contributed by atoms with Gasteiger partial charge in [0.05, 0.1) is 6.20 Å². The highest BCUT2D eigenvalue weighted by molar-refractivity contribution is 5.94. The van der Waals surface area contributed by atoms with Gasteiger partial charge in [-0.15, -0.1) is 0 Å². The molecule has 4 heteroatoms. The van der Waals surface area contributed by atoms with Crippen molar-refractivity contribution >= 4 is 5.91 Å². The van der Waals surface area contributed by atoms with E-state index >= 15 is 0 Å². The van der Waals surface area contributed by atoms with E-state index in [-0.39, 0.29) is 5.91 Å². The lowest BCUT2D eigenvalue weighted by molar-refractivity contribution is 0.0783. The number of hydrogen-bond donors (Lipinski definition) is 0. The molecule has 2 rings (SSSR count). The summed E-state index contributed by atoms with van der Waals surface area (Å²) in [7, 11) is 1.83. The molecule has 1 aliphatic carbocycles. The lowest BCUT2D eigenvalue weighted by atomic mass is 10.2. The molecule has 0 atom stereocenters. The van der Waals surface area contributed by atoms with Gasteiger partial charge in [-0.1, -0.05) is 5.16 Å². The Kier molecular flexibility index (Phi) is 1.83. The molecule has 1 aliphatic rings. The standard InChI is InChI=1S/C9H12N2O2/c1-6-8(5-10-13-6)9(12)11(2)7-3-4-7/h5,7H,3-4H2,1-2H3. The van der Waals surface area contributed by atoms with Crippen LogP contribution in [0.3, 0.4) is 0 Å². The quantitative estimate of drug-likeness (QED) is 0.687. The van der Waals surface area contributed by atoms with E-state index in [1.807, 2.05) is 7.05 Å². The van der Waals surface area contributed by atoms with Crippen LogP contribution in [0.1, 0.15) is 29.0 Å². The van der Waals surface area contributed by atoms with Gasteiger partial charge in [0.15, 0.2) is 0 Å². The number of carbonyl (C=O) groups is 1. The number of amides is 1. The van der Waals surface area contributed by atoms with Crippen LogP contribution in [-0.4, -0.2) is 29.1 Å². The second-order valence-electron chi connectivity index (χ2n) is 3.44. The third-order valence-electron chi connectivity index (χ3n) is 2.40. The molecule has 0 N–H and O–H groups in total. The average Bonchev–Trinajstić information content (AvgIpc) is 2.87. The predicted octanol–water partition coefficient (Wildman–Crippen LogP) is 1.22. The van der Waals surface area contributed by atoms with Crippen LogP contribution in [0.4, 0.5) is 0 Å². The zero-order valence-electron chi connectivity index (χ0n) is 7.78. The molecule has 0 radical (unpaired) electrons. The van der Waals surface area contributed by atoms with E-state index in [1.165, 1.54) is 6.20 Å². The minimum atomic E-state index is 0.0150. The molecule has 4 nitrogen and oxygen atoms in total. The van der Waals surface area contributed by atoms with Crippen LogP contribution in [0.25, 0.3) is 0 Å². The number of nitrogens with zero attached hydrogens (tertiary/aromatic N) is 2. The van der Waals surface area contributed by atoms with Crippen molar-refractivity contribution in [3.63, 3.8) is 0 Å². The highest BCUT2D eigenvalue weighted by Crippen LogP contribution is 2.27. The van der Waals surface area contributed by atoms with E-state index in [0.717, 1.165) is 12.8 Å².